The molecule has 408 valence electrons. The Morgan fingerprint density at radius 3 is 2.01 bits per heavy atom. The molecule has 0 amide bonds. The number of hydrogen-bond acceptors (Lipinski definition) is 6. The number of nitriles is 1. The van der Waals surface area contributed by atoms with Crippen molar-refractivity contribution in [3.63, 3.8) is 0 Å². The Morgan fingerprint density at radius 2 is 1.30 bits per heavy atom. The third-order valence-electron chi connectivity index (χ3n) is 20.6. The van der Waals surface area contributed by atoms with Gasteiger partial charge in [-0.25, -0.2) is 0 Å². The first kappa shape index (κ1) is 51.3. The highest BCUT2D eigenvalue weighted by molar-refractivity contribution is 5.80. The predicted molar refractivity (Wildman–Crippen MR) is 325 cm³/mol. The van der Waals surface area contributed by atoms with E-state index in [0.717, 1.165) is 69.8 Å². The van der Waals surface area contributed by atoms with Gasteiger partial charge >= 0.3 is 0 Å². The summed E-state index contributed by atoms with van der Waals surface area (Å²) in [5, 5.41) is 24.4. The van der Waals surface area contributed by atoms with Gasteiger partial charge in [0.2, 0.25) is 0 Å². The van der Waals surface area contributed by atoms with E-state index in [9.17, 15) is 5.26 Å². The van der Waals surface area contributed by atoms with Crippen LogP contribution < -0.4 is 16.0 Å². The molecule has 79 heavy (non-hydrogen) atoms. The maximum Gasteiger partial charge on any atom is 0.0891 e. The lowest BCUT2D eigenvalue weighted by Crippen LogP contribution is -2.64. The van der Waals surface area contributed by atoms with E-state index < -0.39 is 0 Å². The van der Waals surface area contributed by atoms with Crippen molar-refractivity contribution < 1.29 is 0 Å². The molecule has 0 saturated carbocycles. The van der Waals surface area contributed by atoms with Crippen LogP contribution in [0.2, 0.25) is 0 Å². The molecule has 0 radical (unpaired) electrons. The van der Waals surface area contributed by atoms with Gasteiger partial charge in [-0.1, -0.05) is 139 Å². The van der Waals surface area contributed by atoms with E-state index in [-0.39, 0.29) is 47.3 Å². The molecule has 11 unspecified atom stereocenters. The third kappa shape index (κ3) is 8.93. The number of aromatic nitrogens is 1. The first-order chi connectivity index (χ1) is 38.4. The van der Waals surface area contributed by atoms with E-state index in [1.54, 1.807) is 11.3 Å². The lowest BCUT2D eigenvalue weighted by atomic mass is 9.69. The molecule has 1 saturated heterocycles. The SMILES string of the molecule is CC(C)(C)C1C=Cc2c(c3c(n2C2=CC(N4C5=C(C=CCC5)C5C6C7=C(CCCC7)N(C7=CCCC=C7)C6C=CC54)C(C#N)C=C2C2NC(C4=CCCC=C4)NC(c4cccc(C5=CCCCC5)c4)N2)C=CC(C(C)(C)C)C3)C1. The van der Waals surface area contributed by atoms with Crippen molar-refractivity contribution in [3.05, 3.63) is 188 Å². The molecule has 14 rings (SSSR count). The minimum absolute atomic E-state index is 0.107. The summed E-state index contributed by atoms with van der Waals surface area (Å²) in [5.41, 5.74) is 21.3. The highest BCUT2D eigenvalue weighted by atomic mass is 15.4. The van der Waals surface area contributed by atoms with Crippen LogP contribution in [-0.4, -0.2) is 44.8 Å². The average molecular weight is 1050 g/mol. The van der Waals surface area contributed by atoms with Crippen LogP contribution >= 0.6 is 0 Å². The van der Waals surface area contributed by atoms with Gasteiger partial charge in [-0.3, -0.25) is 16.0 Å². The second kappa shape index (κ2) is 20.3. The second-order valence-corrected chi connectivity index (χ2v) is 27.4. The van der Waals surface area contributed by atoms with Crippen molar-refractivity contribution in [1.82, 2.24) is 30.3 Å². The maximum absolute atomic E-state index is 11.9. The summed E-state index contributed by atoms with van der Waals surface area (Å²) in [6.45, 7) is 14.5. The summed E-state index contributed by atoms with van der Waals surface area (Å²) in [6.07, 6.45) is 59.8. The minimum Gasteiger partial charge on any atom is -0.359 e. The smallest absolute Gasteiger partial charge is 0.0891 e. The highest BCUT2D eigenvalue weighted by Crippen LogP contribution is 2.58. The van der Waals surface area contributed by atoms with Gasteiger partial charge < -0.3 is 14.4 Å². The zero-order valence-electron chi connectivity index (χ0n) is 48.1. The van der Waals surface area contributed by atoms with Crippen molar-refractivity contribution in [2.45, 2.75) is 181 Å². The van der Waals surface area contributed by atoms with Gasteiger partial charge in [-0.2, -0.15) is 5.26 Å². The number of nitrogens with zero attached hydrogens (tertiary/aromatic N) is 4. The Morgan fingerprint density at radius 1 is 0.595 bits per heavy atom. The molecule has 1 fully saturated rings. The van der Waals surface area contributed by atoms with Crippen molar-refractivity contribution in [2.24, 2.45) is 40.4 Å². The van der Waals surface area contributed by atoms with Crippen LogP contribution in [0, 0.1) is 51.8 Å². The molecule has 1 aromatic heterocycles. The van der Waals surface area contributed by atoms with Crippen LogP contribution in [0.4, 0.5) is 0 Å². The van der Waals surface area contributed by atoms with E-state index in [1.165, 1.54) is 106 Å². The van der Waals surface area contributed by atoms with Crippen LogP contribution in [0.25, 0.3) is 23.4 Å². The van der Waals surface area contributed by atoms with Crippen molar-refractivity contribution in [1.29, 1.82) is 5.26 Å². The molecule has 1 aromatic carbocycles. The monoisotopic (exact) mass is 1050 g/mol. The van der Waals surface area contributed by atoms with Crippen LogP contribution in [0.1, 0.15) is 171 Å². The van der Waals surface area contributed by atoms with Gasteiger partial charge in [0.25, 0.3) is 0 Å². The molecule has 7 nitrogen and oxygen atoms in total. The van der Waals surface area contributed by atoms with Crippen LogP contribution in [0.3, 0.4) is 0 Å². The molecule has 9 aliphatic carbocycles. The van der Waals surface area contributed by atoms with Crippen LogP contribution in [0.5, 0.6) is 0 Å². The average Bonchev–Trinajstić information content (AvgIpc) is 2.75. The third-order valence-corrected chi connectivity index (χ3v) is 20.6. The summed E-state index contributed by atoms with van der Waals surface area (Å²) in [6, 6.07) is 12.6. The molecular weight excluding hydrogens is 963 g/mol. The van der Waals surface area contributed by atoms with Gasteiger partial charge in [0.15, 0.2) is 0 Å². The van der Waals surface area contributed by atoms with Gasteiger partial charge in [-0.05, 0) is 200 Å². The molecule has 0 bridgehead atoms. The van der Waals surface area contributed by atoms with Gasteiger partial charge in [0.05, 0.1) is 54.3 Å². The topological polar surface area (TPSA) is 71.3 Å². The Bertz CT molecular complexity index is 3230. The predicted octanol–water partition coefficient (Wildman–Crippen LogP) is 15.4. The van der Waals surface area contributed by atoms with Crippen LogP contribution in [0.15, 0.2) is 155 Å². The van der Waals surface area contributed by atoms with Gasteiger partial charge in [-0.15, -0.1) is 0 Å². The zero-order chi connectivity index (χ0) is 53.7. The number of nitrogens with one attached hydrogen (secondary N) is 3. The summed E-state index contributed by atoms with van der Waals surface area (Å²) in [5.74, 6) is 1.22. The van der Waals surface area contributed by atoms with E-state index in [2.05, 4.69) is 205 Å². The number of hydrogen-bond donors (Lipinski definition) is 3. The molecule has 4 heterocycles. The zero-order valence-corrected chi connectivity index (χ0v) is 48.1. The lowest BCUT2D eigenvalue weighted by molar-refractivity contribution is 0.169. The normalized spacial score (nSPS) is 32.8. The fourth-order valence-electron chi connectivity index (χ4n) is 16.4. The molecular formula is C72H85N7. The van der Waals surface area contributed by atoms with Crippen molar-refractivity contribution in [2.75, 3.05) is 0 Å². The first-order valence-corrected chi connectivity index (χ1v) is 31.1. The standard InChI is InChI=1S/C72H85N7/c1-71(2,3)50-33-35-60-55(41-50)56-42-51(72(4,5)6)34-36-61(56)78(60)65-43-64(79-59-32-19-17-30-54(59)67-63(79)38-37-62-66(67)53-29-16-18-31-58(53)77(62)52-27-14-9-15-28-52)49(44-73)40-57(65)70-75-68(46-23-12-8-13-24-46)74-69(76-70)48-26-20-25-47(39-48)45-21-10-7-11-22-45/h12,14,17,20-21,23-28,30,33-40,43,49-51,62-64,66-70,74-76H,7-11,13,15-16,18-19,22,29,31-32,41-42H2,1-6H3. The quantitative estimate of drug-likeness (QED) is 0.240. The molecule has 3 N–H and O–H groups in total. The number of benzene rings is 1. The highest BCUT2D eigenvalue weighted by Gasteiger charge is 2.56. The Balaban J connectivity index is 0.936. The van der Waals surface area contributed by atoms with Crippen molar-refractivity contribution >= 4 is 23.4 Å². The lowest BCUT2D eigenvalue weighted by Gasteiger charge is -2.46. The molecule has 0 spiro atoms. The maximum atomic E-state index is 11.9. The number of allylic oxidation sites excluding steroid dienone is 13. The van der Waals surface area contributed by atoms with E-state index in [1.807, 2.05) is 0 Å². The number of fused-ring (bicyclic) bond motifs is 8. The fraction of sp³-hybridized carbons (Fsp3) is 0.486. The molecule has 11 atom stereocenters. The van der Waals surface area contributed by atoms with E-state index in [0.29, 0.717) is 29.7 Å². The summed E-state index contributed by atoms with van der Waals surface area (Å²) in [7, 11) is 0. The largest absolute Gasteiger partial charge is 0.359 e. The van der Waals surface area contributed by atoms with Crippen molar-refractivity contribution in [3.8, 4) is 6.07 Å². The Kier molecular flexibility index (Phi) is 13.1. The summed E-state index contributed by atoms with van der Waals surface area (Å²) < 4.78 is 2.68. The Labute approximate surface area is 472 Å². The Hall–Kier alpha value is -5.91. The van der Waals surface area contributed by atoms with E-state index in [4.69, 9.17) is 0 Å². The van der Waals surface area contributed by atoms with Crippen LogP contribution in [-0.2, 0) is 12.8 Å². The van der Waals surface area contributed by atoms with Gasteiger partial charge in [0.1, 0.15) is 0 Å². The first-order valence-electron chi connectivity index (χ1n) is 31.1. The second-order valence-electron chi connectivity index (χ2n) is 27.4. The number of rotatable bonds is 7. The molecule has 3 aliphatic heterocycles. The summed E-state index contributed by atoms with van der Waals surface area (Å²) in [4.78, 5) is 5.58. The molecule has 7 heteroatoms. The molecule has 12 aliphatic rings. The summed E-state index contributed by atoms with van der Waals surface area (Å²) >= 11 is 0. The van der Waals surface area contributed by atoms with Gasteiger partial charge in [0, 0.05) is 45.9 Å². The van der Waals surface area contributed by atoms with E-state index >= 15 is 0 Å². The minimum atomic E-state index is -0.389. The molecule has 2 aromatic rings. The fourth-order valence-corrected chi connectivity index (χ4v) is 16.4.